The molecule has 1 heterocycles. The molecule has 14 aromatic carbocycles. The van der Waals surface area contributed by atoms with E-state index in [1.54, 1.807) is 11.8 Å². The number of nitrogens with one attached hydrogen (secondary N) is 1. The molecule has 15 rings (SSSR count). The zero-order valence-corrected chi connectivity index (χ0v) is 59.8. The van der Waals surface area contributed by atoms with Crippen molar-refractivity contribution in [3.05, 3.63) is 412 Å². The van der Waals surface area contributed by atoms with Crippen molar-refractivity contribution in [2.24, 2.45) is 0 Å². The normalized spacial score (nSPS) is 11.0. The van der Waals surface area contributed by atoms with Crippen molar-refractivity contribution in [1.29, 1.82) is 0 Å². The summed E-state index contributed by atoms with van der Waals surface area (Å²) in [4.78, 5) is 3.95. The zero-order valence-electron chi connectivity index (χ0n) is 53.0. The molecule has 1 nitrogen and oxygen atoms in total. The van der Waals surface area contributed by atoms with Crippen molar-refractivity contribution in [3.8, 4) is 0 Å². The van der Waals surface area contributed by atoms with Gasteiger partial charge in [0.15, 0.2) is 0 Å². The first kappa shape index (κ1) is 69.8. The van der Waals surface area contributed by atoms with Gasteiger partial charge in [0, 0.05) is 47.3 Å². The van der Waals surface area contributed by atoms with Crippen LogP contribution in [-0.2, 0) is 26.8 Å². The van der Waals surface area contributed by atoms with Crippen LogP contribution in [0.4, 0.5) is 5.69 Å². The maximum atomic E-state index is 3.39. The van der Waals surface area contributed by atoms with Crippen LogP contribution in [-0.4, -0.2) is 12.8 Å². The largest absolute Gasteiger partial charge is 0.384 e. The van der Waals surface area contributed by atoms with E-state index in [9.17, 15) is 0 Å². The summed E-state index contributed by atoms with van der Waals surface area (Å²) in [5.74, 6) is 0. The Balaban J connectivity index is 0.000000129. The fraction of sp³-hybridized carbons (Fsp3) is 0.0345. The molecule has 0 fully saturated rings. The van der Waals surface area contributed by atoms with E-state index in [0.29, 0.717) is 0 Å². The van der Waals surface area contributed by atoms with Crippen LogP contribution in [0.25, 0.3) is 0 Å². The summed E-state index contributed by atoms with van der Waals surface area (Å²) in [6, 6.07) is 145. The predicted octanol–water partition coefficient (Wildman–Crippen LogP) is 18.3. The molecule has 0 aliphatic carbocycles. The van der Waals surface area contributed by atoms with Crippen LogP contribution in [0.15, 0.2) is 421 Å². The minimum atomic E-state index is -0.446. The minimum absolute atomic E-state index is 0. The van der Waals surface area contributed by atoms with Gasteiger partial charge >= 0.3 is 0 Å². The Kier molecular flexibility index (Phi) is 28.3. The summed E-state index contributed by atoms with van der Waals surface area (Å²) < 4.78 is 0. The van der Waals surface area contributed by atoms with Gasteiger partial charge in [0.2, 0.25) is 0 Å². The molecule has 1 N–H and O–H groups in total. The smallest absolute Gasteiger partial charge is 0.0374 e. The van der Waals surface area contributed by atoms with Crippen LogP contribution in [0.5, 0.6) is 0 Å². The van der Waals surface area contributed by atoms with E-state index in [1.165, 1.54) is 89.6 Å². The number of anilines is 1. The van der Waals surface area contributed by atoms with Gasteiger partial charge in [0.05, 0.1) is 0 Å². The topological polar surface area (TPSA) is 12.0 Å². The van der Waals surface area contributed by atoms with Crippen LogP contribution < -0.4 is 69.0 Å². The molecule has 8 heteroatoms. The summed E-state index contributed by atoms with van der Waals surface area (Å²) in [6.45, 7) is 1.08. The van der Waals surface area contributed by atoms with Crippen molar-refractivity contribution in [2.75, 3.05) is 18.1 Å². The van der Waals surface area contributed by atoms with E-state index in [2.05, 4.69) is 418 Å². The fourth-order valence-electron chi connectivity index (χ4n) is 10.8. The van der Waals surface area contributed by atoms with E-state index in [-0.39, 0.29) is 20.4 Å². The van der Waals surface area contributed by atoms with Crippen LogP contribution in [0, 0.1) is 0 Å². The van der Waals surface area contributed by atoms with E-state index in [1.807, 2.05) is 11.8 Å². The molecule has 0 amide bonds. The predicted molar refractivity (Wildman–Crippen MR) is 422 cm³/mol. The van der Waals surface area contributed by atoms with Gasteiger partial charge in [-0.1, -0.05) is 376 Å². The van der Waals surface area contributed by atoms with E-state index < -0.39 is 31.7 Å². The Labute approximate surface area is 591 Å². The summed E-state index contributed by atoms with van der Waals surface area (Å²) in [6.07, 6.45) is 3.25. The van der Waals surface area contributed by atoms with E-state index >= 15 is 0 Å². The van der Waals surface area contributed by atoms with Crippen LogP contribution >= 0.6 is 55.2 Å². The van der Waals surface area contributed by atoms with E-state index in [0.717, 1.165) is 13.0 Å². The molecule has 14 aromatic rings. The van der Waals surface area contributed by atoms with Crippen molar-refractivity contribution >= 4 is 125 Å². The van der Waals surface area contributed by atoms with Gasteiger partial charge in [0.1, 0.15) is 0 Å². The summed E-state index contributed by atoms with van der Waals surface area (Å²) >= 11 is 3.62. The minimum Gasteiger partial charge on any atom is -0.384 e. The molecule has 0 atom stereocenters. The molecule has 1 aliphatic heterocycles. The SMILES string of the molecule is CSc1ccc(Sc2ccc3c(c2)CCN3)cc1.[Pd].c1ccc(P(c2ccccc2)c2ccccc2)cc1.c1ccc(P(c2ccccc2)c2ccccc2)cc1.c1ccc(P(c2ccccc2)c2ccccc2)cc1.c1ccc(P(c2ccccc2)c2ccccc2)cc1. The molecule has 0 unspecified atom stereocenters. The maximum Gasteiger partial charge on any atom is 0.0374 e. The monoisotopic (exact) mass is 1430 g/mol. The van der Waals surface area contributed by atoms with Crippen molar-refractivity contribution < 1.29 is 20.4 Å². The quantitative estimate of drug-likeness (QED) is 0.0624. The second-order valence-corrected chi connectivity index (χ2v) is 32.5. The standard InChI is InChI=1S/4C18H15P.C15H15NS2.Pd/c4*1-4-10-16(11-5-1)19(17-12-6-2-7-13-17)18-14-8-3-9-15-18;1-17-12-2-4-13(5-3-12)18-14-6-7-15-11(10-14)8-9-16-15;/h4*1-15H;2-7,10,16H,8-9H2,1H3;. The number of hydrogen-bond donors (Lipinski definition) is 1. The van der Waals surface area contributed by atoms with E-state index in [4.69, 9.17) is 0 Å². The first-order valence-corrected chi connectivity index (χ1v) is 39.1. The van der Waals surface area contributed by atoms with Gasteiger partial charge in [-0.15, -0.1) is 11.8 Å². The average molecular weight is 1430 g/mol. The van der Waals surface area contributed by atoms with Gasteiger partial charge in [-0.3, -0.25) is 0 Å². The third-order valence-electron chi connectivity index (χ3n) is 15.3. The van der Waals surface area contributed by atoms with Crippen LogP contribution in [0.1, 0.15) is 5.56 Å². The fourth-order valence-corrected chi connectivity index (χ4v) is 21.3. The van der Waals surface area contributed by atoms with Crippen molar-refractivity contribution in [3.63, 3.8) is 0 Å². The Morgan fingerprint density at radius 3 is 0.621 bits per heavy atom. The first-order valence-electron chi connectivity index (χ1n) is 31.6. The summed E-state index contributed by atoms with van der Waals surface area (Å²) in [7, 11) is -1.78. The molecule has 0 bridgehead atoms. The Hall–Kier alpha value is -8.04. The second kappa shape index (κ2) is 38.5. The molecular weight excluding hydrogens is 1350 g/mol. The molecule has 1 aliphatic rings. The Morgan fingerprint density at radius 2 is 0.421 bits per heavy atom. The number of hydrogen-bond acceptors (Lipinski definition) is 3. The zero-order chi connectivity index (χ0) is 64.0. The van der Waals surface area contributed by atoms with Crippen LogP contribution in [0.3, 0.4) is 0 Å². The van der Waals surface area contributed by atoms with Gasteiger partial charge in [0.25, 0.3) is 0 Å². The molecule has 95 heavy (non-hydrogen) atoms. The van der Waals surface area contributed by atoms with Crippen molar-refractivity contribution in [1.82, 2.24) is 0 Å². The number of fused-ring (bicyclic) bond motifs is 1. The van der Waals surface area contributed by atoms with Crippen LogP contribution in [0.2, 0.25) is 0 Å². The molecular formula is C87H75NP4PdS2. The number of benzene rings is 14. The Bertz CT molecular complexity index is 3520. The number of rotatable bonds is 15. The maximum absolute atomic E-state index is 3.39. The van der Waals surface area contributed by atoms with Gasteiger partial charge < -0.3 is 5.32 Å². The third kappa shape index (κ3) is 20.7. The number of thioether (sulfide) groups is 1. The molecule has 0 aromatic heterocycles. The average Bonchev–Trinajstić information content (AvgIpc) is 1.75. The molecule has 0 saturated heterocycles. The first-order chi connectivity index (χ1) is 46.6. The summed E-state index contributed by atoms with van der Waals surface area (Å²) in [5, 5.41) is 20.2. The van der Waals surface area contributed by atoms with Gasteiger partial charge in [-0.2, -0.15) is 0 Å². The van der Waals surface area contributed by atoms with Gasteiger partial charge in [-0.25, -0.2) is 0 Å². The second-order valence-electron chi connectivity index (χ2n) is 21.6. The molecule has 470 valence electrons. The van der Waals surface area contributed by atoms with Crippen molar-refractivity contribution in [2.45, 2.75) is 21.1 Å². The Morgan fingerprint density at radius 1 is 0.232 bits per heavy atom. The molecule has 0 saturated carbocycles. The summed E-state index contributed by atoms with van der Waals surface area (Å²) in [5.41, 5.74) is 2.75. The molecule has 0 spiro atoms. The molecule has 0 radical (unpaired) electrons. The van der Waals surface area contributed by atoms with Gasteiger partial charge in [-0.05, 0) is 156 Å². The third-order valence-corrected chi connectivity index (χ3v) is 26.8.